The Morgan fingerprint density at radius 3 is 2.91 bits per heavy atom. The van der Waals surface area contributed by atoms with E-state index in [0.717, 1.165) is 10.8 Å². The van der Waals surface area contributed by atoms with Crippen LogP contribution < -0.4 is 5.43 Å². The third-order valence-corrected chi connectivity index (χ3v) is 3.48. The SMILES string of the molecule is C/C(=N\Nc1nncc2ccccc12)c1cc(Cl)ccc1O. The summed E-state index contributed by atoms with van der Waals surface area (Å²) in [5.41, 5.74) is 4.05. The molecule has 1 aromatic heterocycles. The van der Waals surface area contributed by atoms with Crippen LogP contribution in [0.5, 0.6) is 5.75 Å². The molecule has 0 aliphatic carbocycles. The topological polar surface area (TPSA) is 70.4 Å². The number of hydrazone groups is 1. The number of rotatable bonds is 3. The zero-order valence-electron chi connectivity index (χ0n) is 11.8. The highest BCUT2D eigenvalue weighted by Gasteiger charge is 2.07. The van der Waals surface area contributed by atoms with E-state index in [4.69, 9.17) is 11.6 Å². The first-order chi connectivity index (χ1) is 10.6. The zero-order chi connectivity index (χ0) is 15.5. The van der Waals surface area contributed by atoms with E-state index in [1.165, 1.54) is 6.07 Å². The molecule has 5 nitrogen and oxygen atoms in total. The smallest absolute Gasteiger partial charge is 0.176 e. The molecule has 3 rings (SSSR count). The number of fused-ring (bicyclic) bond motifs is 1. The molecule has 0 fully saturated rings. The van der Waals surface area contributed by atoms with Gasteiger partial charge in [-0.2, -0.15) is 10.2 Å². The van der Waals surface area contributed by atoms with E-state index in [-0.39, 0.29) is 5.75 Å². The number of hydrogen-bond donors (Lipinski definition) is 2. The second-order valence-electron chi connectivity index (χ2n) is 4.75. The monoisotopic (exact) mass is 312 g/mol. The summed E-state index contributed by atoms with van der Waals surface area (Å²) in [6, 6.07) is 12.6. The molecule has 0 bridgehead atoms. The standard InChI is InChI=1S/C16H13ClN4O/c1-10(14-8-12(17)6-7-15(14)22)19-21-16-13-5-3-2-4-11(13)9-18-20-16/h2-9,22H,1H3,(H,20,21)/b19-10+. The molecule has 6 heteroatoms. The molecule has 0 saturated heterocycles. The van der Waals surface area contributed by atoms with E-state index in [9.17, 15) is 5.11 Å². The van der Waals surface area contributed by atoms with Gasteiger partial charge in [-0.1, -0.05) is 35.9 Å². The molecular weight excluding hydrogens is 300 g/mol. The summed E-state index contributed by atoms with van der Waals surface area (Å²) in [7, 11) is 0. The van der Waals surface area contributed by atoms with Crippen LogP contribution in [0.2, 0.25) is 5.02 Å². The van der Waals surface area contributed by atoms with Crippen molar-refractivity contribution in [2.75, 3.05) is 5.43 Å². The summed E-state index contributed by atoms with van der Waals surface area (Å²) < 4.78 is 0. The van der Waals surface area contributed by atoms with Crippen LogP contribution in [0.1, 0.15) is 12.5 Å². The van der Waals surface area contributed by atoms with Gasteiger partial charge in [-0.3, -0.25) is 5.43 Å². The number of anilines is 1. The fourth-order valence-electron chi connectivity index (χ4n) is 2.11. The van der Waals surface area contributed by atoms with Crippen molar-refractivity contribution in [1.82, 2.24) is 10.2 Å². The number of nitrogens with one attached hydrogen (secondary N) is 1. The van der Waals surface area contributed by atoms with Crippen molar-refractivity contribution in [2.24, 2.45) is 5.10 Å². The second-order valence-corrected chi connectivity index (χ2v) is 5.19. The van der Waals surface area contributed by atoms with E-state index in [2.05, 4.69) is 20.7 Å². The van der Waals surface area contributed by atoms with Crippen LogP contribution >= 0.6 is 11.6 Å². The Morgan fingerprint density at radius 2 is 2.05 bits per heavy atom. The fraction of sp³-hybridized carbons (Fsp3) is 0.0625. The predicted molar refractivity (Wildman–Crippen MR) is 88.5 cm³/mol. The minimum absolute atomic E-state index is 0.122. The number of halogens is 1. The molecule has 22 heavy (non-hydrogen) atoms. The number of hydrogen-bond acceptors (Lipinski definition) is 5. The Morgan fingerprint density at radius 1 is 1.23 bits per heavy atom. The molecular formula is C16H13ClN4O. The van der Waals surface area contributed by atoms with Crippen molar-refractivity contribution in [2.45, 2.75) is 6.92 Å². The number of phenols is 1. The van der Waals surface area contributed by atoms with Crippen LogP contribution in [-0.4, -0.2) is 21.0 Å². The first-order valence-electron chi connectivity index (χ1n) is 6.65. The number of aromatic hydroxyl groups is 1. The molecule has 2 aromatic carbocycles. The van der Waals surface area contributed by atoms with E-state index < -0.39 is 0 Å². The summed E-state index contributed by atoms with van der Waals surface area (Å²) in [5, 5.41) is 24.6. The summed E-state index contributed by atoms with van der Waals surface area (Å²) in [6.45, 7) is 1.77. The molecule has 2 N–H and O–H groups in total. The fourth-order valence-corrected chi connectivity index (χ4v) is 2.28. The van der Waals surface area contributed by atoms with Crippen molar-refractivity contribution in [3.63, 3.8) is 0 Å². The van der Waals surface area contributed by atoms with Crippen molar-refractivity contribution in [3.05, 3.63) is 59.2 Å². The Labute approximate surface area is 132 Å². The molecule has 1 heterocycles. The summed E-state index contributed by atoms with van der Waals surface area (Å²) in [5.74, 6) is 0.676. The van der Waals surface area contributed by atoms with Gasteiger partial charge < -0.3 is 5.11 Å². The number of aromatic nitrogens is 2. The quantitative estimate of drug-likeness (QED) is 0.569. The van der Waals surface area contributed by atoms with Crippen LogP contribution in [0.25, 0.3) is 10.8 Å². The summed E-state index contributed by atoms with van der Waals surface area (Å²) >= 11 is 5.95. The Hall–Kier alpha value is -2.66. The first kappa shape index (κ1) is 14.3. The molecule has 0 aliphatic rings. The van der Waals surface area contributed by atoms with Gasteiger partial charge in [0.05, 0.1) is 11.9 Å². The highest BCUT2D eigenvalue weighted by atomic mass is 35.5. The van der Waals surface area contributed by atoms with Crippen LogP contribution in [0, 0.1) is 0 Å². The van der Waals surface area contributed by atoms with Gasteiger partial charge in [0.15, 0.2) is 5.82 Å². The summed E-state index contributed by atoms with van der Waals surface area (Å²) in [4.78, 5) is 0. The lowest BCUT2D eigenvalue weighted by Gasteiger charge is -2.07. The molecule has 0 radical (unpaired) electrons. The molecule has 0 atom stereocenters. The molecule has 110 valence electrons. The molecule has 0 unspecified atom stereocenters. The van der Waals surface area contributed by atoms with Gasteiger partial charge in [-0.05, 0) is 25.1 Å². The van der Waals surface area contributed by atoms with Crippen molar-refractivity contribution in [3.8, 4) is 5.75 Å². The van der Waals surface area contributed by atoms with Crippen molar-refractivity contribution < 1.29 is 5.11 Å². The van der Waals surface area contributed by atoms with Gasteiger partial charge >= 0.3 is 0 Å². The van der Waals surface area contributed by atoms with Crippen LogP contribution in [0.4, 0.5) is 5.82 Å². The Bertz CT molecular complexity index is 858. The molecule has 0 amide bonds. The van der Waals surface area contributed by atoms with Crippen LogP contribution in [0.15, 0.2) is 53.8 Å². The van der Waals surface area contributed by atoms with Gasteiger partial charge in [0.1, 0.15) is 5.75 Å². The molecule has 0 saturated carbocycles. The normalized spacial score (nSPS) is 11.6. The average molecular weight is 313 g/mol. The van der Waals surface area contributed by atoms with E-state index >= 15 is 0 Å². The minimum Gasteiger partial charge on any atom is -0.507 e. The van der Waals surface area contributed by atoms with Crippen molar-refractivity contribution >= 4 is 33.9 Å². The van der Waals surface area contributed by atoms with Crippen LogP contribution in [0.3, 0.4) is 0 Å². The summed E-state index contributed by atoms with van der Waals surface area (Å²) in [6.07, 6.45) is 1.69. The lowest BCUT2D eigenvalue weighted by molar-refractivity contribution is 0.474. The van der Waals surface area contributed by atoms with Gasteiger partial charge in [0, 0.05) is 21.4 Å². The van der Waals surface area contributed by atoms with E-state index in [1.54, 1.807) is 25.3 Å². The Balaban J connectivity index is 1.94. The van der Waals surface area contributed by atoms with E-state index in [0.29, 0.717) is 22.1 Å². The van der Waals surface area contributed by atoms with Crippen molar-refractivity contribution in [1.29, 1.82) is 0 Å². The van der Waals surface area contributed by atoms with Gasteiger partial charge in [0.25, 0.3) is 0 Å². The third kappa shape index (κ3) is 2.84. The van der Waals surface area contributed by atoms with Gasteiger partial charge in [-0.25, -0.2) is 0 Å². The maximum absolute atomic E-state index is 9.88. The minimum atomic E-state index is 0.122. The molecule has 0 spiro atoms. The number of phenolic OH excluding ortho intramolecular Hbond substituents is 1. The largest absolute Gasteiger partial charge is 0.507 e. The maximum Gasteiger partial charge on any atom is 0.176 e. The maximum atomic E-state index is 9.88. The van der Waals surface area contributed by atoms with Gasteiger partial charge in [-0.15, -0.1) is 5.10 Å². The molecule has 0 aliphatic heterocycles. The highest BCUT2D eigenvalue weighted by molar-refractivity contribution is 6.31. The highest BCUT2D eigenvalue weighted by Crippen LogP contribution is 2.23. The third-order valence-electron chi connectivity index (χ3n) is 3.25. The van der Waals surface area contributed by atoms with Crippen LogP contribution in [-0.2, 0) is 0 Å². The zero-order valence-corrected chi connectivity index (χ0v) is 12.5. The van der Waals surface area contributed by atoms with Gasteiger partial charge in [0.2, 0.25) is 0 Å². The average Bonchev–Trinajstić information content (AvgIpc) is 2.54. The lowest BCUT2D eigenvalue weighted by Crippen LogP contribution is -2.02. The first-order valence-corrected chi connectivity index (χ1v) is 7.02. The second kappa shape index (κ2) is 5.99. The number of benzene rings is 2. The molecule has 3 aromatic rings. The lowest BCUT2D eigenvalue weighted by atomic mass is 10.1. The Kier molecular flexibility index (Phi) is 3.89. The predicted octanol–water partition coefficient (Wildman–Crippen LogP) is 3.82. The van der Waals surface area contributed by atoms with E-state index in [1.807, 2.05) is 24.3 Å². The number of nitrogens with zero attached hydrogens (tertiary/aromatic N) is 3.